The number of nitrogens with two attached hydrogens (primary N) is 5. The summed E-state index contributed by atoms with van der Waals surface area (Å²) in [6.45, 7) is 1.58. The first-order valence-corrected chi connectivity index (χ1v) is 27.7. The highest BCUT2D eigenvalue weighted by atomic mass is 16.2. The first kappa shape index (κ1) is 61.6. The number of nitrogens with zero attached hydrogens (tertiary/aromatic N) is 3. The standard InChI is InChI=1S/C58H78N14O9/c1-35(73)68-45(22-13-25-66-58(62)63)54(79)71-47-32-51(76)64-23-11-10-21-44(52(59)77)69-53(78)40(29-41-33-67-43-20-9-8-19-42(41)43)31-49(74)39(18-12-24-65-57(60)61)30-50(75)46(27-37-16-6-3-7-17-37)70-55(80)48-28-38(34-72(48)56(47)81)26-36-14-4-2-5-15-36/h2-9,14-17,19-20,33,38-40,44-48,67H,10-13,18,21-32,34H2,1H3,(H2,59,77)(H,64,76)(H,68,73)(H,69,78)(H,70,80)(H,71,79)(H4,60,61,65)(H4,62,63,66)/t38-,39-,40-,44+,45+,46-,47+,48+/m1/s1. The minimum atomic E-state index is -1.56. The zero-order valence-corrected chi connectivity index (χ0v) is 45.9. The number of H-pyrrole nitrogens is 1. The molecule has 2 aliphatic rings. The van der Waals surface area contributed by atoms with Crippen LogP contribution in [0.15, 0.2) is 101 Å². The van der Waals surface area contributed by atoms with Crippen molar-refractivity contribution in [1.82, 2.24) is 36.5 Å². The van der Waals surface area contributed by atoms with Crippen molar-refractivity contribution in [3.8, 4) is 0 Å². The topological polar surface area (TPSA) is 388 Å². The molecule has 434 valence electrons. The van der Waals surface area contributed by atoms with Crippen LogP contribution in [0.25, 0.3) is 10.9 Å². The first-order chi connectivity index (χ1) is 38.8. The number of carbonyl (C=O) groups is 9. The summed E-state index contributed by atoms with van der Waals surface area (Å²) in [6.07, 6.45) is 2.54. The van der Waals surface area contributed by atoms with Crippen LogP contribution in [-0.2, 0) is 62.4 Å². The van der Waals surface area contributed by atoms with Gasteiger partial charge in [-0.15, -0.1) is 0 Å². The lowest BCUT2D eigenvalue weighted by atomic mass is 9.83. The number of para-hydroxylation sites is 1. The molecule has 3 aromatic carbocycles. The van der Waals surface area contributed by atoms with Crippen LogP contribution in [0, 0.1) is 17.8 Å². The van der Waals surface area contributed by atoms with E-state index in [1.165, 1.54) is 11.8 Å². The van der Waals surface area contributed by atoms with Crippen molar-refractivity contribution in [3.05, 3.63) is 108 Å². The number of aliphatic imine (C=N–C) groups is 2. The summed E-state index contributed by atoms with van der Waals surface area (Å²) in [5.41, 5.74) is 31.4. The number of hydrogen-bond donors (Lipinski definition) is 11. The van der Waals surface area contributed by atoms with Crippen LogP contribution >= 0.6 is 0 Å². The Kier molecular flexibility index (Phi) is 23.3. The van der Waals surface area contributed by atoms with Gasteiger partial charge >= 0.3 is 0 Å². The molecule has 0 bridgehead atoms. The summed E-state index contributed by atoms with van der Waals surface area (Å²) in [4.78, 5) is 141. The van der Waals surface area contributed by atoms with E-state index in [-0.39, 0.29) is 115 Å². The molecular weight excluding hydrogens is 1040 g/mol. The fourth-order valence-electron chi connectivity index (χ4n) is 10.6. The third-order valence-corrected chi connectivity index (χ3v) is 14.7. The van der Waals surface area contributed by atoms with E-state index >= 15 is 14.4 Å². The summed E-state index contributed by atoms with van der Waals surface area (Å²) >= 11 is 0. The lowest BCUT2D eigenvalue weighted by Gasteiger charge is -2.31. The van der Waals surface area contributed by atoms with Gasteiger partial charge in [0, 0.05) is 74.9 Å². The van der Waals surface area contributed by atoms with Crippen LogP contribution in [0.1, 0.15) is 94.2 Å². The molecule has 7 amide bonds. The minimum absolute atomic E-state index is 0.00110. The number of benzene rings is 3. The van der Waals surface area contributed by atoms with Gasteiger partial charge in [0.15, 0.2) is 17.7 Å². The maximum absolute atomic E-state index is 15.2. The Morgan fingerprint density at radius 1 is 0.716 bits per heavy atom. The molecule has 3 heterocycles. The fraction of sp³-hybridized carbons (Fsp3) is 0.466. The maximum Gasteiger partial charge on any atom is 0.246 e. The third kappa shape index (κ3) is 19.3. The van der Waals surface area contributed by atoms with Gasteiger partial charge in [0.05, 0.1) is 12.5 Å². The number of hydrogen-bond acceptors (Lipinski definition) is 11. The predicted octanol–water partition coefficient (Wildman–Crippen LogP) is 0.805. The third-order valence-electron chi connectivity index (χ3n) is 14.7. The summed E-state index contributed by atoms with van der Waals surface area (Å²) < 4.78 is 0. The zero-order valence-electron chi connectivity index (χ0n) is 45.9. The number of Topliss-reactive ketones (excluding diaryl/α,β-unsaturated/α-hetero) is 2. The molecule has 6 rings (SSSR count). The Balaban J connectivity index is 1.40. The van der Waals surface area contributed by atoms with Crippen LogP contribution in [0.2, 0.25) is 0 Å². The molecule has 4 aromatic rings. The van der Waals surface area contributed by atoms with Gasteiger partial charge in [0.25, 0.3) is 0 Å². The van der Waals surface area contributed by atoms with E-state index < -0.39 is 101 Å². The maximum atomic E-state index is 15.2. The highest BCUT2D eigenvalue weighted by Gasteiger charge is 2.44. The van der Waals surface area contributed by atoms with Gasteiger partial charge in [-0.25, -0.2) is 0 Å². The average Bonchev–Trinajstić information content (AvgIpc) is 4.20. The van der Waals surface area contributed by atoms with Gasteiger partial charge in [-0.1, -0.05) is 78.9 Å². The summed E-state index contributed by atoms with van der Waals surface area (Å²) in [7, 11) is 0. The molecule has 2 saturated heterocycles. The van der Waals surface area contributed by atoms with Crippen LogP contribution < -0.4 is 55.3 Å². The number of aromatic amines is 1. The fourth-order valence-corrected chi connectivity index (χ4v) is 10.6. The summed E-state index contributed by atoms with van der Waals surface area (Å²) in [5, 5.41) is 14.7. The van der Waals surface area contributed by atoms with Crippen molar-refractivity contribution in [3.63, 3.8) is 0 Å². The second kappa shape index (κ2) is 30.7. The second-order valence-electron chi connectivity index (χ2n) is 21.1. The van der Waals surface area contributed by atoms with E-state index in [0.717, 1.165) is 22.0 Å². The number of aromatic nitrogens is 1. The van der Waals surface area contributed by atoms with Crippen LogP contribution in [-0.4, -0.2) is 131 Å². The van der Waals surface area contributed by atoms with Crippen molar-refractivity contribution in [2.75, 3.05) is 26.2 Å². The SMILES string of the molecule is CC(=O)N[C@@H](CCCN=C(N)N)C(=O)N[C@H]1CC(=O)NCCCC[C@@H](C(N)=O)NC(=O)[C@H](Cc2c[nH]c3ccccc23)CC(=O)[C@H](CCCN=C(N)N)CC(=O)[C@@H](Cc2ccccc2)NC(=O)[C@@H]2C[C@@H](Cc3ccccc3)CN2C1=O. The molecule has 0 saturated carbocycles. The quantitative estimate of drug-likeness (QED) is 0.0374. The zero-order chi connectivity index (χ0) is 58.4. The van der Waals surface area contributed by atoms with Crippen molar-refractivity contribution < 1.29 is 43.2 Å². The number of rotatable bonds is 18. The van der Waals surface area contributed by atoms with Gasteiger partial charge in [-0.3, -0.25) is 53.1 Å². The molecule has 2 aliphatic heterocycles. The van der Waals surface area contributed by atoms with E-state index in [0.29, 0.717) is 18.4 Å². The molecule has 16 N–H and O–H groups in total. The highest BCUT2D eigenvalue weighted by Crippen LogP contribution is 2.30. The van der Waals surface area contributed by atoms with E-state index in [9.17, 15) is 28.8 Å². The van der Waals surface area contributed by atoms with Gasteiger partial charge in [-0.05, 0) is 99.3 Å². The van der Waals surface area contributed by atoms with E-state index in [1.54, 1.807) is 36.5 Å². The lowest BCUT2D eigenvalue weighted by molar-refractivity contribution is -0.143. The lowest BCUT2D eigenvalue weighted by Crippen LogP contribution is -2.58. The Morgan fingerprint density at radius 3 is 2.02 bits per heavy atom. The average molecular weight is 1120 g/mol. The van der Waals surface area contributed by atoms with E-state index in [4.69, 9.17) is 28.7 Å². The minimum Gasteiger partial charge on any atom is -0.370 e. The number of amides is 7. The number of fused-ring (bicyclic) bond motifs is 2. The van der Waals surface area contributed by atoms with Crippen LogP contribution in [0.4, 0.5) is 0 Å². The largest absolute Gasteiger partial charge is 0.370 e. The smallest absolute Gasteiger partial charge is 0.246 e. The molecule has 0 aliphatic carbocycles. The Morgan fingerprint density at radius 2 is 1.36 bits per heavy atom. The predicted molar refractivity (Wildman–Crippen MR) is 306 cm³/mol. The van der Waals surface area contributed by atoms with Crippen LogP contribution in [0.3, 0.4) is 0 Å². The van der Waals surface area contributed by atoms with E-state index in [2.05, 4.69) is 41.6 Å². The molecule has 81 heavy (non-hydrogen) atoms. The van der Waals surface area contributed by atoms with Crippen molar-refractivity contribution in [1.29, 1.82) is 0 Å². The van der Waals surface area contributed by atoms with Crippen molar-refractivity contribution in [2.45, 2.75) is 127 Å². The highest BCUT2D eigenvalue weighted by molar-refractivity contribution is 5.99. The van der Waals surface area contributed by atoms with Gasteiger partial charge in [-0.2, -0.15) is 0 Å². The molecule has 0 unspecified atom stereocenters. The van der Waals surface area contributed by atoms with Gasteiger partial charge in [0.2, 0.25) is 41.4 Å². The van der Waals surface area contributed by atoms with Gasteiger partial charge < -0.3 is 65.1 Å². The molecule has 1 aromatic heterocycles. The van der Waals surface area contributed by atoms with Crippen molar-refractivity contribution in [2.24, 2.45) is 56.4 Å². The number of primary amides is 1. The Hall–Kier alpha value is -8.63. The molecule has 0 radical (unpaired) electrons. The molecule has 23 heteroatoms. The molecule has 0 spiro atoms. The molecular formula is C58H78N14O9. The monoisotopic (exact) mass is 1110 g/mol. The number of guanidine groups is 2. The number of carbonyl (C=O) groups excluding carboxylic acids is 9. The Bertz CT molecular complexity index is 2890. The molecule has 8 atom stereocenters. The van der Waals surface area contributed by atoms with E-state index in [1.807, 2.05) is 54.6 Å². The molecule has 2 fully saturated rings. The van der Waals surface area contributed by atoms with Crippen LogP contribution in [0.5, 0.6) is 0 Å². The number of ketones is 2. The normalized spacial score (nSPS) is 22.3. The van der Waals surface area contributed by atoms with Gasteiger partial charge in [0.1, 0.15) is 30.0 Å². The molecule has 23 nitrogen and oxygen atoms in total. The first-order valence-electron chi connectivity index (χ1n) is 27.7. The summed E-state index contributed by atoms with van der Waals surface area (Å²) in [5.74, 6) is -8.37. The Labute approximate surface area is 471 Å². The number of nitrogens with one attached hydrogen (secondary N) is 6. The second-order valence-corrected chi connectivity index (χ2v) is 21.1. The summed E-state index contributed by atoms with van der Waals surface area (Å²) in [6, 6.07) is 19.6. The van der Waals surface area contributed by atoms with Crippen molar-refractivity contribution >= 4 is 75.7 Å².